The smallest absolute Gasteiger partial charge is 0.291 e. The van der Waals surface area contributed by atoms with Crippen LogP contribution in [0.4, 0.5) is 5.82 Å². The molecule has 4 heterocycles. The van der Waals surface area contributed by atoms with Crippen LogP contribution in [0.15, 0.2) is 30.9 Å². The van der Waals surface area contributed by atoms with E-state index in [0.29, 0.717) is 29.0 Å². The molecule has 39 heavy (non-hydrogen) atoms. The highest BCUT2D eigenvalue weighted by Crippen LogP contribution is 2.38. The molecule has 0 aromatic carbocycles. The average molecular weight is 532 g/mol. The Labute approximate surface area is 225 Å². The van der Waals surface area contributed by atoms with Crippen LogP contribution in [0, 0.1) is 0 Å². The fraction of sp³-hybridized carbons (Fsp3) is 0.444. The molecule has 204 valence electrons. The number of aromatic amines is 1. The van der Waals surface area contributed by atoms with Crippen LogP contribution in [0.2, 0.25) is 0 Å². The number of nitrogens with zero attached hydrogens (tertiary/aromatic N) is 7. The third-order valence-electron chi connectivity index (χ3n) is 7.53. The van der Waals surface area contributed by atoms with Gasteiger partial charge in [0, 0.05) is 36.3 Å². The number of ketones is 1. The van der Waals surface area contributed by atoms with Gasteiger partial charge < -0.3 is 15.7 Å². The zero-order valence-corrected chi connectivity index (χ0v) is 22.5. The quantitative estimate of drug-likeness (QED) is 0.250. The number of hydrogen-bond donors (Lipinski definition) is 3. The average Bonchev–Trinajstić information content (AvgIpc) is 3.52. The Morgan fingerprint density at radius 2 is 1.95 bits per heavy atom. The maximum Gasteiger partial charge on any atom is 0.291 e. The van der Waals surface area contributed by atoms with E-state index in [1.807, 2.05) is 6.07 Å². The second-order valence-corrected chi connectivity index (χ2v) is 10.7. The first-order valence-corrected chi connectivity index (χ1v) is 13.1. The molecule has 1 fully saturated rings. The number of rotatable bonds is 6. The summed E-state index contributed by atoms with van der Waals surface area (Å²) in [5, 5.41) is 21.2. The maximum atomic E-state index is 13.0. The number of fused-ring (bicyclic) bond motifs is 1. The molecule has 0 spiro atoms. The van der Waals surface area contributed by atoms with Crippen molar-refractivity contribution in [2.45, 2.75) is 70.4 Å². The van der Waals surface area contributed by atoms with Crippen molar-refractivity contribution in [3.63, 3.8) is 0 Å². The summed E-state index contributed by atoms with van der Waals surface area (Å²) in [5.41, 5.74) is 9.03. The largest absolute Gasteiger partial charge is 0.384 e. The minimum Gasteiger partial charge on any atom is -0.384 e. The summed E-state index contributed by atoms with van der Waals surface area (Å²) in [6, 6.07) is 3.56. The van der Waals surface area contributed by atoms with Crippen LogP contribution in [-0.2, 0) is 5.60 Å². The lowest BCUT2D eigenvalue weighted by Gasteiger charge is -2.29. The Morgan fingerprint density at radius 3 is 2.59 bits per heavy atom. The molecule has 2 atom stereocenters. The summed E-state index contributed by atoms with van der Waals surface area (Å²) in [4.78, 5) is 41.0. The predicted octanol–water partition coefficient (Wildman–Crippen LogP) is 3.11. The van der Waals surface area contributed by atoms with Crippen molar-refractivity contribution in [2.24, 2.45) is 0 Å². The van der Waals surface area contributed by atoms with Crippen LogP contribution in [0.25, 0.3) is 16.8 Å². The lowest BCUT2D eigenvalue weighted by Crippen LogP contribution is -2.38. The zero-order valence-electron chi connectivity index (χ0n) is 22.5. The van der Waals surface area contributed by atoms with Gasteiger partial charge in [-0.05, 0) is 46.1 Å². The first kappa shape index (κ1) is 26.4. The van der Waals surface area contributed by atoms with Crippen molar-refractivity contribution in [1.29, 1.82) is 0 Å². The number of aromatic nitrogens is 7. The predicted molar refractivity (Wildman–Crippen MR) is 144 cm³/mol. The first-order valence-electron chi connectivity index (χ1n) is 13.1. The molecule has 12 nitrogen and oxygen atoms in total. The third kappa shape index (κ3) is 4.99. The van der Waals surface area contributed by atoms with Crippen LogP contribution < -0.4 is 5.73 Å². The minimum absolute atomic E-state index is 0.0721. The van der Waals surface area contributed by atoms with Gasteiger partial charge in [0.05, 0.1) is 23.1 Å². The molecule has 4 aromatic rings. The highest BCUT2D eigenvalue weighted by molar-refractivity contribution is 6.00. The van der Waals surface area contributed by atoms with Gasteiger partial charge in [0.15, 0.2) is 11.4 Å². The van der Waals surface area contributed by atoms with Gasteiger partial charge in [0.25, 0.3) is 5.91 Å². The summed E-state index contributed by atoms with van der Waals surface area (Å²) in [6.07, 6.45) is 8.80. The van der Waals surface area contributed by atoms with Crippen molar-refractivity contribution >= 4 is 23.2 Å². The lowest BCUT2D eigenvalue weighted by atomic mass is 9.89. The zero-order chi connectivity index (χ0) is 27.9. The van der Waals surface area contributed by atoms with Crippen molar-refractivity contribution in [3.05, 3.63) is 53.6 Å². The van der Waals surface area contributed by atoms with Gasteiger partial charge in [-0.2, -0.15) is 14.7 Å². The van der Waals surface area contributed by atoms with E-state index in [9.17, 15) is 14.7 Å². The molecule has 0 bridgehead atoms. The molecule has 1 saturated carbocycles. The number of nitrogen functional groups attached to an aromatic ring is 1. The summed E-state index contributed by atoms with van der Waals surface area (Å²) < 4.78 is 1.49. The number of nitrogens with one attached hydrogen (secondary N) is 1. The Bertz CT molecular complexity index is 1500. The highest BCUT2D eigenvalue weighted by Gasteiger charge is 2.32. The second-order valence-electron chi connectivity index (χ2n) is 10.7. The number of amides is 1. The van der Waals surface area contributed by atoms with E-state index in [4.69, 9.17) is 10.7 Å². The molecule has 0 radical (unpaired) electrons. The van der Waals surface area contributed by atoms with Gasteiger partial charge in [-0.15, -0.1) is 0 Å². The summed E-state index contributed by atoms with van der Waals surface area (Å²) in [7, 11) is 1.77. The van der Waals surface area contributed by atoms with E-state index in [1.54, 1.807) is 44.3 Å². The molecule has 5 rings (SSSR count). The Balaban J connectivity index is 1.55. The van der Waals surface area contributed by atoms with Crippen LogP contribution in [0.1, 0.15) is 91.2 Å². The number of nitrogens with two attached hydrogens (primary N) is 1. The third-order valence-corrected chi connectivity index (χ3v) is 7.53. The molecule has 0 aliphatic heterocycles. The highest BCUT2D eigenvalue weighted by atomic mass is 16.3. The van der Waals surface area contributed by atoms with Crippen LogP contribution >= 0.6 is 0 Å². The number of anilines is 1. The minimum atomic E-state index is -1.07. The van der Waals surface area contributed by atoms with Gasteiger partial charge in [-0.25, -0.2) is 9.97 Å². The summed E-state index contributed by atoms with van der Waals surface area (Å²) in [5.74, 6) is -0.0709. The number of aliphatic hydroxyl groups is 1. The lowest BCUT2D eigenvalue weighted by molar-refractivity contribution is 0.0700. The van der Waals surface area contributed by atoms with Gasteiger partial charge in [0.2, 0.25) is 5.82 Å². The Kier molecular flexibility index (Phi) is 6.89. The monoisotopic (exact) mass is 531 g/mol. The van der Waals surface area contributed by atoms with E-state index in [1.165, 1.54) is 17.8 Å². The summed E-state index contributed by atoms with van der Waals surface area (Å²) >= 11 is 0. The van der Waals surface area contributed by atoms with Crippen LogP contribution in [-0.4, -0.2) is 69.5 Å². The number of carbonyl (C=O) groups is 2. The van der Waals surface area contributed by atoms with E-state index in [0.717, 1.165) is 36.8 Å². The number of pyridine rings is 1. The molecule has 4 N–H and O–H groups in total. The van der Waals surface area contributed by atoms with Crippen molar-refractivity contribution in [1.82, 2.24) is 39.7 Å². The fourth-order valence-corrected chi connectivity index (χ4v) is 5.38. The first-order chi connectivity index (χ1) is 18.6. The van der Waals surface area contributed by atoms with Crippen LogP contribution in [0.3, 0.4) is 0 Å². The van der Waals surface area contributed by atoms with Gasteiger partial charge >= 0.3 is 0 Å². The molecule has 4 aromatic heterocycles. The molecular weight excluding hydrogens is 498 g/mol. The SMILES string of the molecule is CC(=O)c1c([C@H]2CCCC[C@@H](N(C)C(=O)c3ncn[nH]3)C2)nc2c(-c3ccc(C(C)(C)O)nc3)cnn2c1N. The topological polar surface area (TPSA) is 168 Å². The Hall–Kier alpha value is -4.19. The molecular formula is C27H33N9O3. The van der Waals surface area contributed by atoms with E-state index in [-0.39, 0.29) is 35.3 Å². The molecule has 0 saturated heterocycles. The Morgan fingerprint density at radius 1 is 1.18 bits per heavy atom. The standard InChI is InChI=1S/C27H33N9O3/c1-15(37)21-22(16-7-5-6-8-18(11-16)35(4)26(38)24-30-14-31-34-24)33-25-19(13-32-36(25)23(21)28)17-9-10-20(29-12-17)27(2,3)39/h9-10,12-14,16,18,39H,5-8,11,28H2,1-4H3,(H,30,31,34)/t16-,18+/m0/s1. The van der Waals surface area contributed by atoms with Crippen molar-refractivity contribution < 1.29 is 14.7 Å². The molecule has 1 aliphatic carbocycles. The second kappa shape index (κ2) is 10.2. The van der Waals surface area contributed by atoms with Crippen molar-refractivity contribution in [3.8, 4) is 11.1 Å². The normalized spacial score (nSPS) is 18.2. The molecule has 1 aliphatic rings. The number of Topliss-reactive ketones (excluding diaryl/α,β-unsaturated/α-hetero) is 1. The van der Waals surface area contributed by atoms with E-state index >= 15 is 0 Å². The van der Waals surface area contributed by atoms with Gasteiger partial charge in [0.1, 0.15) is 17.7 Å². The van der Waals surface area contributed by atoms with E-state index < -0.39 is 5.60 Å². The molecule has 12 heteroatoms. The number of H-pyrrole nitrogens is 1. The fourth-order valence-electron chi connectivity index (χ4n) is 5.38. The summed E-state index contributed by atoms with van der Waals surface area (Å²) in [6.45, 7) is 4.84. The number of carbonyl (C=O) groups excluding carboxylic acids is 2. The van der Waals surface area contributed by atoms with Gasteiger partial charge in [-0.1, -0.05) is 18.9 Å². The number of hydrogen-bond acceptors (Lipinski definition) is 9. The van der Waals surface area contributed by atoms with E-state index in [2.05, 4.69) is 25.3 Å². The maximum absolute atomic E-state index is 13.0. The van der Waals surface area contributed by atoms with Crippen LogP contribution in [0.5, 0.6) is 0 Å². The van der Waals surface area contributed by atoms with Crippen molar-refractivity contribution in [2.75, 3.05) is 12.8 Å². The molecule has 0 unspecified atom stereocenters. The molecule has 1 amide bonds. The van der Waals surface area contributed by atoms with Gasteiger partial charge in [-0.3, -0.25) is 19.7 Å².